The minimum atomic E-state index is -0.833. The van der Waals surface area contributed by atoms with Crippen LogP contribution >= 0.6 is 0 Å². The third-order valence-corrected chi connectivity index (χ3v) is 4.61. The molecule has 3 N–H and O–H groups in total. The number of carbonyl (C=O) groups excluding carboxylic acids is 1. The third kappa shape index (κ3) is 4.03. The lowest BCUT2D eigenvalue weighted by molar-refractivity contribution is -0.134. The average Bonchev–Trinajstić information content (AvgIpc) is 3.11. The van der Waals surface area contributed by atoms with E-state index in [0.29, 0.717) is 0 Å². The zero-order valence-corrected chi connectivity index (χ0v) is 14.2. The Kier molecular flexibility index (Phi) is 5.78. The number of rotatable bonds is 3. The summed E-state index contributed by atoms with van der Waals surface area (Å²) in [6.07, 6.45) is 6.47. The van der Waals surface area contributed by atoms with Gasteiger partial charge in [-0.25, -0.2) is 0 Å². The van der Waals surface area contributed by atoms with Crippen LogP contribution in [-0.2, 0) is 15.0 Å². The van der Waals surface area contributed by atoms with Gasteiger partial charge in [0.1, 0.15) is 0 Å². The monoisotopic (exact) mass is 331 g/mol. The van der Waals surface area contributed by atoms with E-state index in [1.54, 1.807) is 0 Å². The average molecular weight is 331 g/mol. The minimum Gasteiger partial charge on any atom is -0.481 e. The second-order valence-corrected chi connectivity index (χ2v) is 6.48. The summed E-state index contributed by atoms with van der Waals surface area (Å²) < 4.78 is 0. The fourth-order valence-electron chi connectivity index (χ4n) is 3.67. The number of allylic oxidation sites excluding steroid dienone is 1. The zero-order chi connectivity index (χ0) is 17.7. The summed E-state index contributed by atoms with van der Waals surface area (Å²) in [7, 11) is 0. The van der Waals surface area contributed by atoms with Crippen molar-refractivity contribution in [1.29, 1.82) is 0 Å². The van der Waals surface area contributed by atoms with Gasteiger partial charge in [-0.1, -0.05) is 43.2 Å². The molecule has 24 heavy (non-hydrogen) atoms. The number of hydrogen-bond donors (Lipinski definition) is 3. The summed E-state index contributed by atoms with van der Waals surface area (Å²) in [6.45, 7) is 2.84. The van der Waals surface area contributed by atoms with E-state index in [9.17, 15) is 9.90 Å². The van der Waals surface area contributed by atoms with Gasteiger partial charge in [-0.3, -0.25) is 9.59 Å². The molecule has 0 bridgehead atoms. The maximum atomic E-state index is 11.0. The van der Waals surface area contributed by atoms with Gasteiger partial charge in [0.05, 0.1) is 6.10 Å². The van der Waals surface area contributed by atoms with Crippen molar-refractivity contribution in [2.24, 2.45) is 0 Å². The molecule has 3 rings (SSSR count). The largest absolute Gasteiger partial charge is 0.481 e. The summed E-state index contributed by atoms with van der Waals surface area (Å²) in [5, 5.41) is 20.5. The van der Waals surface area contributed by atoms with E-state index in [4.69, 9.17) is 9.90 Å². The number of aliphatic carboxylic acids is 1. The van der Waals surface area contributed by atoms with Gasteiger partial charge < -0.3 is 15.5 Å². The Labute approximate surface area is 142 Å². The molecular formula is C19H25NO4. The van der Waals surface area contributed by atoms with Gasteiger partial charge in [0.15, 0.2) is 0 Å². The quantitative estimate of drug-likeness (QED) is 0.794. The van der Waals surface area contributed by atoms with Crippen LogP contribution in [0.4, 0.5) is 0 Å². The molecule has 0 aliphatic heterocycles. The van der Waals surface area contributed by atoms with Crippen LogP contribution in [0.25, 0.3) is 5.57 Å². The van der Waals surface area contributed by atoms with Gasteiger partial charge in [0.2, 0.25) is 5.91 Å². The maximum absolute atomic E-state index is 11.0. The fourth-order valence-corrected chi connectivity index (χ4v) is 3.67. The molecule has 1 aromatic carbocycles. The topological polar surface area (TPSA) is 86.6 Å². The van der Waals surface area contributed by atoms with Crippen molar-refractivity contribution in [3.05, 3.63) is 41.5 Å². The summed E-state index contributed by atoms with van der Waals surface area (Å²) in [5.74, 6) is -0.938. The maximum Gasteiger partial charge on any atom is 0.300 e. The molecule has 2 aliphatic rings. The minimum absolute atomic E-state index is 0.105. The number of carboxylic acids is 1. The highest BCUT2D eigenvalue weighted by atomic mass is 16.4. The highest BCUT2D eigenvalue weighted by Crippen LogP contribution is 2.51. The molecule has 2 aliphatic carbocycles. The van der Waals surface area contributed by atoms with Crippen LogP contribution in [0.3, 0.4) is 0 Å². The van der Waals surface area contributed by atoms with Crippen LogP contribution in [0.1, 0.15) is 50.7 Å². The summed E-state index contributed by atoms with van der Waals surface area (Å²) >= 11 is 0. The number of aliphatic hydroxyl groups is 1. The normalized spacial score (nSPS) is 18.2. The first-order valence-electron chi connectivity index (χ1n) is 8.30. The molecule has 5 heteroatoms. The lowest BCUT2D eigenvalue weighted by Crippen LogP contribution is -2.30. The van der Waals surface area contributed by atoms with Crippen LogP contribution < -0.4 is 5.32 Å². The SMILES string of the molecule is CC(=O)NCC(O)C1=CC2(CCCC2)c2ccccc21.CC(=O)O. The smallest absolute Gasteiger partial charge is 0.300 e. The second kappa shape index (κ2) is 7.62. The summed E-state index contributed by atoms with van der Waals surface area (Å²) in [6, 6.07) is 8.38. The van der Waals surface area contributed by atoms with Gasteiger partial charge in [-0.2, -0.15) is 0 Å². The van der Waals surface area contributed by atoms with Crippen LogP contribution in [0.5, 0.6) is 0 Å². The number of hydrogen-bond acceptors (Lipinski definition) is 3. The Morgan fingerprint density at radius 2 is 1.79 bits per heavy atom. The molecule has 1 aromatic rings. The number of fused-ring (bicyclic) bond motifs is 2. The first-order chi connectivity index (χ1) is 11.4. The molecule has 0 radical (unpaired) electrons. The first kappa shape index (κ1) is 18.2. The predicted octanol–water partition coefficient (Wildman–Crippen LogP) is 2.48. The molecular weight excluding hydrogens is 306 g/mol. The Morgan fingerprint density at radius 1 is 1.21 bits per heavy atom. The van der Waals surface area contributed by atoms with E-state index in [1.165, 1.54) is 38.2 Å². The second-order valence-electron chi connectivity index (χ2n) is 6.48. The van der Waals surface area contributed by atoms with Crippen molar-refractivity contribution in [3.8, 4) is 0 Å². The van der Waals surface area contributed by atoms with Crippen molar-refractivity contribution < 1.29 is 19.8 Å². The molecule has 1 atom stereocenters. The van der Waals surface area contributed by atoms with Crippen molar-refractivity contribution in [2.45, 2.75) is 51.0 Å². The molecule has 0 heterocycles. The first-order valence-corrected chi connectivity index (χ1v) is 8.30. The number of carbonyl (C=O) groups is 2. The Morgan fingerprint density at radius 3 is 2.38 bits per heavy atom. The van der Waals surface area contributed by atoms with E-state index in [1.807, 2.05) is 6.07 Å². The molecule has 1 spiro atoms. The van der Waals surface area contributed by atoms with Gasteiger partial charge in [-0.05, 0) is 29.5 Å². The van der Waals surface area contributed by atoms with Gasteiger partial charge >= 0.3 is 0 Å². The molecule has 0 aromatic heterocycles. The van der Waals surface area contributed by atoms with Gasteiger partial charge in [0, 0.05) is 25.8 Å². The molecule has 1 fully saturated rings. The molecule has 5 nitrogen and oxygen atoms in total. The van der Waals surface area contributed by atoms with Crippen LogP contribution in [-0.4, -0.2) is 34.7 Å². The van der Waals surface area contributed by atoms with Crippen molar-refractivity contribution in [1.82, 2.24) is 5.32 Å². The lowest BCUT2D eigenvalue weighted by atomic mass is 9.81. The van der Waals surface area contributed by atoms with E-state index >= 15 is 0 Å². The van der Waals surface area contributed by atoms with Crippen LogP contribution in [0.15, 0.2) is 30.3 Å². The zero-order valence-electron chi connectivity index (χ0n) is 14.2. The van der Waals surface area contributed by atoms with Crippen LogP contribution in [0.2, 0.25) is 0 Å². The highest BCUT2D eigenvalue weighted by Gasteiger charge is 2.41. The van der Waals surface area contributed by atoms with Crippen molar-refractivity contribution >= 4 is 17.4 Å². The number of amides is 1. The number of aliphatic hydroxyl groups excluding tert-OH is 1. The highest BCUT2D eigenvalue weighted by molar-refractivity contribution is 5.80. The van der Waals surface area contributed by atoms with E-state index in [2.05, 4.69) is 29.6 Å². The van der Waals surface area contributed by atoms with Gasteiger partial charge in [0.25, 0.3) is 5.97 Å². The Hall–Kier alpha value is -2.14. The molecule has 1 amide bonds. The standard InChI is InChI=1S/C17H21NO2.C2H4O2/c1-12(19)18-11-16(20)14-10-17(8-4-5-9-17)15-7-3-2-6-13(14)15;1-2(3)4/h2-3,6-7,10,16,20H,4-5,8-9,11H2,1H3,(H,18,19);1H3,(H,3,4). The molecule has 1 unspecified atom stereocenters. The van der Waals surface area contributed by atoms with E-state index in [0.717, 1.165) is 18.1 Å². The predicted molar refractivity (Wildman–Crippen MR) is 92.6 cm³/mol. The third-order valence-electron chi connectivity index (χ3n) is 4.61. The van der Waals surface area contributed by atoms with Crippen molar-refractivity contribution in [3.63, 3.8) is 0 Å². The van der Waals surface area contributed by atoms with Crippen molar-refractivity contribution in [2.75, 3.05) is 6.54 Å². The van der Waals surface area contributed by atoms with Gasteiger partial charge in [-0.15, -0.1) is 0 Å². The fraction of sp³-hybridized carbons (Fsp3) is 0.474. The van der Waals surface area contributed by atoms with Crippen LogP contribution in [0, 0.1) is 0 Å². The van der Waals surface area contributed by atoms with E-state index < -0.39 is 12.1 Å². The number of benzene rings is 1. The Bertz CT molecular complexity index is 641. The summed E-state index contributed by atoms with van der Waals surface area (Å²) in [5.41, 5.74) is 3.63. The Balaban J connectivity index is 0.000000471. The lowest BCUT2D eigenvalue weighted by Gasteiger charge is -2.22. The summed E-state index contributed by atoms with van der Waals surface area (Å²) in [4.78, 5) is 20.0. The number of carboxylic acid groups (broad SMARTS) is 1. The molecule has 130 valence electrons. The molecule has 0 saturated heterocycles. The van der Waals surface area contributed by atoms with E-state index in [-0.39, 0.29) is 17.9 Å². The number of nitrogens with one attached hydrogen (secondary N) is 1. The molecule has 1 saturated carbocycles.